The van der Waals surface area contributed by atoms with Crippen molar-refractivity contribution in [1.29, 1.82) is 0 Å². The molecule has 0 rings (SSSR count). The van der Waals surface area contributed by atoms with Gasteiger partial charge in [0, 0.05) is 0 Å². The maximum absolute atomic E-state index is 10.7. The first-order valence-electron chi connectivity index (χ1n) is 3.21. The van der Waals surface area contributed by atoms with Crippen LogP contribution in [0.4, 0.5) is 0 Å². The van der Waals surface area contributed by atoms with E-state index < -0.39 is 23.9 Å². The highest BCUT2D eigenvalue weighted by Crippen LogP contribution is 2.19. The smallest absolute Gasteiger partial charge is 0.187 e. The number of Topliss-reactive ketones (excluding diaryl/α,β-unsaturated/α-hetero) is 1. The van der Waals surface area contributed by atoms with Crippen LogP contribution in [0.1, 0.15) is 20.8 Å². The van der Waals surface area contributed by atoms with E-state index in [-0.39, 0.29) is 0 Å². The van der Waals surface area contributed by atoms with E-state index in [1.54, 1.807) is 20.8 Å². The zero-order chi connectivity index (χ0) is 8.36. The zero-order valence-corrected chi connectivity index (χ0v) is 6.59. The number of hydrogen-bond acceptors (Lipinski definition) is 3. The van der Waals surface area contributed by atoms with Crippen molar-refractivity contribution in [1.82, 2.24) is 0 Å². The first kappa shape index (κ1) is 9.59. The van der Waals surface area contributed by atoms with Crippen LogP contribution in [-0.2, 0) is 4.79 Å². The molecule has 0 saturated carbocycles. The molecule has 0 aromatic heterocycles. The number of carbonyl (C=O) groups excluding carboxylic acids is 1. The van der Waals surface area contributed by atoms with Gasteiger partial charge in [0.25, 0.3) is 0 Å². The van der Waals surface area contributed by atoms with Gasteiger partial charge in [0.05, 0.1) is 0 Å². The van der Waals surface area contributed by atoms with Crippen LogP contribution in [-0.4, -0.2) is 28.7 Å². The van der Waals surface area contributed by atoms with Crippen molar-refractivity contribution >= 4 is 5.78 Å². The summed E-state index contributed by atoms with van der Waals surface area (Å²) in [5.41, 5.74) is -0.472. The van der Waals surface area contributed by atoms with Gasteiger partial charge < -0.3 is 10.2 Å². The Balaban J connectivity index is 4.08. The number of rotatable bonds is 2. The summed E-state index contributed by atoms with van der Waals surface area (Å²) in [5, 5.41) is 17.5. The third kappa shape index (κ3) is 2.45. The lowest BCUT2D eigenvalue weighted by atomic mass is 9.87. The van der Waals surface area contributed by atoms with E-state index in [2.05, 4.69) is 0 Å². The van der Waals surface area contributed by atoms with Crippen LogP contribution in [0.3, 0.4) is 0 Å². The fourth-order valence-electron chi connectivity index (χ4n) is 0.569. The van der Waals surface area contributed by atoms with E-state index >= 15 is 0 Å². The lowest BCUT2D eigenvalue weighted by molar-refractivity contribution is -0.135. The van der Waals surface area contributed by atoms with Gasteiger partial charge in [-0.2, -0.15) is 0 Å². The van der Waals surface area contributed by atoms with E-state index in [4.69, 9.17) is 10.2 Å². The largest absolute Gasteiger partial charge is 0.388 e. The summed E-state index contributed by atoms with van der Waals surface area (Å²) in [5.74, 6) is -0.521. The molecular weight excluding hydrogens is 132 g/mol. The molecule has 3 nitrogen and oxygen atoms in total. The highest BCUT2D eigenvalue weighted by Gasteiger charge is 2.27. The van der Waals surface area contributed by atoms with Gasteiger partial charge in [-0.1, -0.05) is 20.8 Å². The summed E-state index contributed by atoms with van der Waals surface area (Å²) < 4.78 is 0. The Morgan fingerprint density at radius 3 is 2.00 bits per heavy atom. The number of aliphatic hydroxyl groups is 2. The van der Waals surface area contributed by atoms with Gasteiger partial charge in [-0.05, 0) is 5.41 Å². The Kier molecular flexibility index (Phi) is 2.99. The van der Waals surface area contributed by atoms with Crippen LogP contribution in [0.2, 0.25) is 0 Å². The summed E-state index contributed by atoms with van der Waals surface area (Å²) in [4.78, 5) is 10.7. The fraction of sp³-hybridized carbons (Fsp3) is 0.857. The molecule has 0 aromatic rings. The molecule has 3 heteroatoms. The van der Waals surface area contributed by atoms with Crippen molar-refractivity contribution < 1.29 is 15.0 Å². The van der Waals surface area contributed by atoms with E-state index in [0.29, 0.717) is 0 Å². The van der Waals surface area contributed by atoms with Crippen LogP contribution >= 0.6 is 0 Å². The molecule has 0 aliphatic heterocycles. The minimum absolute atomic E-state index is 0.472. The molecule has 2 N–H and O–H groups in total. The topological polar surface area (TPSA) is 57.5 Å². The van der Waals surface area contributed by atoms with E-state index in [1.165, 1.54) is 0 Å². The molecule has 0 saturated heterocycles. The summed E-state index contributed by atoms with van der Waals surface area (Å²) in [6.45, 7) is 4.64. The quantitative estimate of drug-likeness (QED) is 0.574. The number of hydrogen-bond donors (Lipinski definition) is 2. The molecule has 0 aliphatic rings. The molecule has 1 atom stereocenters. The number of aliphatic hydroxyl groups excluding tert-OH is 2. The molecule has 0 amide bonds. The van der Waals surface area contributed by atoms with Crippen LogP contribution < -0.4 is 0 Å². The van der Waals surface area contributed by atoms with Gasteiger partial charge in [-0.15, -0.1) is 0 Å². The second-order valence-electron chi connectivity index (χ2n) is 3.39. The SMILES string of the molecule is CC(C)(C)C(O)C(=O)CO. The summed E-state index contributed by atoms with van der Waals surface area (Å²) >= 11 is 0. The molecule has 0 bridgehead atoms. The summed E-state index contributed by atoms with van der Waals surface area (Å²) in [6, 6.07) is 0. The highest BCUT2D eigenvalue weighted by molar-refractivity contribution is 5.84. The average molecular weight is 146 g/mol. The summed E-state index contributed by atoms with van der Waals surface area (Å²) in [6.07, 6.45) is -1.06. The Hall–Kier alpha value is -0.410. The molecule has 10 heavy (non-hydrogen) atoms. The molecule has 1 unspecified atom stereocenters. The van der Waals surface area contributed by atoms with Gasteiger partial charge >= 0.3 is 0 Å². The second kappa shape index (κ2) is 3.12. The molecule has 60 valence electrons. The van der Waals surface area contributed by atoms with Crippen LogP contribution in [0.25, 0.3) is 0 Å². The second-order valence-corrected chi connectivity index (χ2v) is 3.39. The van der Waals surface area contributed by atoms with Crippen molar-refractivity contribution in [3.8, 4) is 0 Å². The minimum atomic E-state index is -1.06. The number of carbonyl (C=O) groups is 1. The van der Waals surface area contributed by atoms with Crippen molar-refractivity contribution in [2.45, 2.75) is 26.9 Å². The lowest BCUT2D eigenvalue weighted by Gasteiger charge is -2.23. The predicted molar refractivity (Wildman–Crippen MR) is 37.6 cm³/mol. The van der Waals surface area contributed by atoms with E-state index in [1.807, 2.05) is 0 Å². The molecule has 0 fully saturated rings. The first-order chi connectivity index (χ1) is 4.39. The maximum Gasteiger partial charge on any atom is 0.187 e. The third-order valence-corrected chi connectivity index (χ3v) is 1.28. The van der Waals surface area contributed by atoms with Crippen molar-refractivity contribution in [3.63, 3.8) is 0 Å². The van der Waals surface area contributed by atoms with Crippen molar-refractivity contribution in [2.24, 2.45) is 5.41 Å². The highest BCUT2D eigenvalue weighted by atomic mass is 16.3. The summed E-state index contributed by atoms with van der Waals surface area (Å²) in [7, 11) is 0. The molecule has 0 spiro atoms. The Morgan fingerprint density at radius 2 is 1.90 bits per heavy atom. The fourth-order valence-corrected chi connectivity index (χ4v) is 0.569. The van der Waals surface area contributed by atoms with Crippen LogP contribution in [0.15, 0.2) is 0 Å². The normalized spacial score (nSPS) is 14.9. The third-order valence-electron chi connectivity index (χ3n) is 1.28. The van der Waals surface area contributed by atoms with Gasteiger partial charge in [0.1, 0.15) is 12.7 Å². The Labute approximate surface area is 60.7 Å². The average Bonchev–Trinajstić information content (AvgIpc) is 1.83. The van der Waals surface area contributed by atoms with Crippen LogP contribution in [0.5, 0.6) is 0 Å². The minimum Gasteiger partial charge on any atom is -0.388 e. The Morgan fingerprint density at radius 1 is 1.50 bits per heavy atom. The van der Waals surface area contributed by atoms with Gasteiger partial charge in [-0.3, -0.25) is 4.79 Å². The molecular formula is C7H14O3. The molecule has 0 aromatic carbocycles. The molecule has 0 heterocycles. The van der Waals surface area contributed by atoms with Gasteiger partial charge in [0.2, 0.25) is 0 Å². The van der Waals surface area contributed by atoms with Gasteiger partial charge in [0.15, 0.2) is 5.78 Å². The monoisotopic (exact) mass is 146 g/mol. The first-order valence-corrected chi connectivity index (χ1v) is 3.21. The van der Waals surface area contributed by atoms with E-state index in [0.717, 1.165) is 0 Å². The number of ketones is 1. The maximum atomic E-state index is 10.7. The standard InChI is InChI=1S/C7H14O3/c1-7(2,3)6(10)5(9)4-8/h6,8,10H,4H2,1-3H3. The Bertz CT molecular complexity index is 123. The zero-order valence-electron chi connectivity index (χ0n) is 6.59. The lowest BCUT2D eigenvalue weighted by Crippen LogP contribution is -2.35. The van der Waals surface area contributed by atoms with E-state index in [9.17, 15) is 4.79 Å². The van der Waals surface area contributed by atoms with Crippen molar-refractivity contribution in [3.05, 3.63) is 0 Å². The molecule has 0 radical (unpaired) electrons. The van der Waals surface area contributed by atoms with Crippen LogP contribution in [0, 0.1) is 5.41 Å². The van der Waals surface area contributed by atoms with Crippen molar-refractivity contribution in [2.75, 3.05) is 6.61 Å². The molecule has 0 aliphatic carbocycles. The predicted octanol–water partition coefficient (Wildman–Crippen LogP) is -0.0452. The van der Waals surface area contributed by atoms with Gasteiger partial charge in [-0.25, -0.2) is 0 Å².